The molecule has 1 aliphatic rings. The molecule has 19 heavy (non-hydrogen) atoms. The molecule has 1 aromatic heterocycles. The zero-order valence-electron chi connectivity index (χ0n) is 11.6. The number of hydrogen-bond donors (Lipinski definition) is 1. The van der Waals surface area contributed by atoms with Crippen LogP contribution in [0.5, 0.6) is 0 Å². The van der Waals surface area contributed by atoms with Crippen LogP contribution in [0.4, 0.5) is 0 Å². The monoisotopic (exact) mass is 280 g/mol. The van der Waals surface area contributed by atoms with Crippen LogP contribution >= 0.6 is 11.3 Å². The van der Waals surface area contributed by atoms with E-state index in [9.17, 15) is 9.59 Å². The second-order valence-corrected chi connectivity index (χ2v) is 6.22. The summed E-state index contributed by atoms with van der Waals surface area (Å²) in [5.74, 6) is 0.0976. The van der Waals surface area contributed by atoms with Crippen molar-refractivity contribution in [1.82, 2.24) is 10.2 Å². The van der Waals surface area contributed by atoms with E-state index < -0.39 is 0 Å². The molecule has 1 aliphatic heterocycles. The maximum absolute atomic E-state index is 12.4. The Morgan fingerprint density at radius 2 is 2.16 bits per heavy atom. The molecular weight excluding hydrogens is 260 g/mol. The lowest BCUT2D eigenvalue weighted by atomic mass is 9.98. The fraction of sp³-hybridized carbons (Fsp3) is 0.571. The number of carbonyl (C=O) groups excluding carboxylic acids is 2. The van der Waals surface area contributed by atoms with Crippen molar-refractivity contribution in [2.75, 3.05) is 6.54 Å². The van der Waals surface area contributed by atoms with Crippen molar-refractivity contribution in [3.8, 4) is 0 Å². The number of piperazine rings is 1. The minimum Gasteiger partial charge on any atom is -0.343 e. The highest BCUT2D eigenvalue weighted by atomic mass is 32.1. The summed E-state index contributed by atoms with van der Waals surface area (Å²) >= 11 is 1.65. The standard InChI is InChI=1S/C14H20N2O2S/c1-9(2)13-14(18)16(7-12(17)15-13)10(3)6-11-4-5-19-8-11/h4-5,8-10,13H,6-7H2,1-3H3,(H,15,17). The van der Waals surface area contributed by atoms with Crippen molar-refractivity contribution in [3.05, 3.63) is 22.4 Å². The lowest BCUT2D eigenvalue weighted by Gasteiger charge is -2.38. The summed E-state index contributed by atoms with van der Waals surface area (Å²) in [4.78, 5) is 25.8. The number of nitrogens with zero attached hydrogens (tertiary/aromatic N) is 1. The fourth-order valence-corrected chi connectivity index (χ4v) is 3.06. The summed E-state index contributed by atoms with van der Waals surface area (Å²) in [7, 11) is 0. The third-order valence-electron chi connectivity index (χ3n) is 3.49. The van der Waals surface area contributed by atoms with E-state index in [0.29, 0.717) is 0 Å². The van der Waals surface area contributed by atoms with Crippen LogP contribution in [0.15, 0.2) is 16.8 Å². The molecule has 0 bridgehead atoms. The molecular formula is C14H20N2O2S. The van der Waals surface area contributed by atoms with Crippen LogP contribution < -0.4 is 5.32 Å². The van der Waals surface area contributed by atoms with E-state index >= 15 is 0 Å². The summed E-state index contributed by atoms with van der Waals surface area (Å²) in [5.41, 5.74) is 1.22. The molecule has 2 unspecified atom stereocenters. The van der Waals surface area contributed by atoms with Gasteiger partial charge < -0.3 is 10.2 Å². The Labute approximate surface area is 117 Å². The van der Waals surface area contributed by atoms with E-state index in [4.69, 9.17) is 0 Å². The lowest BCUT2D eigenvalue weighted by molar-refractivity contribution is -0.147. The Morgan fingerprint density at radius 3 is 2.74 bits per heavy atom. The van der Waals surface area contributed by atoms with Crippen LogP contribution in [-0.4, -0.2) is 35.3 Å². The Kier molecular flexibility index (Phi) is 4.24. The number of nitrogens with one attached hydrogen (secondary N) is 1. The van der Waals surface area contributed by atoms with Crippen molar-refractivity contribution in [1.29, 1.82) is 0 Å². The minimum absolute atomic E-state index is 0.0392. The number of carbonyl (C=O) groups is 2. The number of rotatable bonds is 4. The van der Waals surface area contributed by atoms with Gasteiger partial charge in [-0.05, 0) is 41.7 Å². The zero-order chi connectivity index (χ0) is 14.0. The SMILES string of the molecule is CC(C)C1NC(=O)CN(C(C)Cc2ccsc2)C1=O. The van der Waals surface area contributed by atoms with Gasteiger partial charge in [-0.25, -0.2) is 0 Å². The summed E-state index contributed by atoms with van der Waals surface area (Å²) < 4.78 is 0. The van der Waals surface area contributed by atoms with Crippen molar-refractivity contribution in [2.24, 2.45) is 5.92 Å². The molecule has 0 saturated carbocycles. The van der Waals surface area contributed by atoms with E-state index in [1.165, 1.54) is 5.56 Å². The molecule has 0 aliphatic carbocycles. The van der Waals surface area contributed by atoms with Gasteiger partial charge in [-0.3, -0.25) is 9.59 Å². The predicted molar refractivity (Wildman–Crippen MR) is 76.0 cm³/mol. The van der Waals surface area contributed by atoms with E-state index in [0.717, 1.165) is 6.42 Å². The van der Waals surface area contributed by atoms with Gasteiger partial charge in [0.05, 0.1) is 6.54 Å². The fourth-order valence-electron chi connectivity index (χ4n) is 2.38. The second kappa shape index (κ2) is 5.74. The Hall–Kier alpha value is -1.36. The van der Waals surface area contributed by atoms with Gasteiger partial charge in [-0.2, -0.15) is 11.3 Å². The van der Waals surface area contributed by atoms with Gasteiger partial charge in [-0.15, -0.1) is 0 Å². The number of thiophene rings is 1. The summed E-state index contributed by atoms with van der Waals surface area (Å²) in [6.45, 7) is 6.09. The second-order valence-electron chi connectivity index (χ2n) is 5.44. The van der Waals surface area contributed by atoms with E-state index in [1.54, 1.807) is 16.2 Å². The number of amides is 2. The van der Waals surface area contributed by atoms with Crippen molar-refractivity contribution in [3.63, 3.8) is 0 Å². The van der Waals surface area contributed by atoms with Gasteiger partial charge in [0.2, 0.25) is 11.8 Å². The van der Waals surface area contributed by atoms with Crippen LogP contribution in [0.2, 0.25) is 0 Å². The molecule has 104 valence electrons. The molecule has 2 amide bonds. The molecule has 0 radical (unpaired) electrons. The molecule has 2 atom stereocenters. The van der Waals surface area contributed by atoms with Gasteiger partial charge in [0.25, 0.3) is 0 Å². The molecule has 2 heterocycles. The highest BCUT2D eigenvalue weighted by Gasteiger charge is 2.36. The Morgan fingerprint density at radius 1 is 1.42 bits per heavy atom. The van der Waals surface area contributed by atoms with Gasteiger partial charge in [0.15, 0.2) is 0 Å². The average Bonchev–Trinajstić information content (AvgIpc) is 2.84. The van der Waals surface area contributed by atoms with E-state index in [-0.39, 0.29) is 36.4 Å². The molecule has 1 saturated heterocycles. The van der Waals surface area contributed by atoms with Crippen LogP contribution in [0.25, 0.3) is 0 Å². The topological polar surface area (TPSA) is 49.4 Å². The van der Waals surface area contributed by atoms with Crippen molar-refractivity contribution >= 4 is 23.2 Å². The predicted octanol–water partition coefficient (Wildman–Crippen LogP) is 1.66. The Bertz CT molecular complexity index is 456. The van der Waals surface area contributed by atoms with Crippen LogP contribution in [0.1, 0.15) is 26.3 Å². The molecule has 0 spiro atoms. The Balaban J connectivity index is 2.09. The molecule has 1 aromatic rings. The molecule has 5 heteroatoms. The highest BCUT2D eigenvalue weighted by Crippen LogP contribution is 2.17. The third kappa shape index (κ3) is 3.15. The maximum Gasteiger partial charge on any atom is 0.246 e. The summed E-state index contributed by atoms with van der Waals surface area (Å²) in [6.07, 6.45) is 0.799. The zero-order valence-corrected chi connectivity index (χ0v) is 12.4. The minimum atomic E-state index is -0.383. The smallest absolute Gasteiger partial charge is 0.246 e. The van der Waals surface area contributed by atoms with Crippen molar-refractivity contribution in [2.45, 2.75) is 39.3 Å². The van der Waals surface area contributed by atoms with Gasteiger partial charge in [-0.1, -0.05) is 13.8 Å². The quantitative estimate of drug-likeness (QED) is 0.912. The first-order valence-corrected chi connectivity index (χ1v) is 7.54. The first-order chi connectivity index (χ1) is 8.99. The molecule has 4 nitrogen and oxygen atoms in total. The molecule has 2 rings (SSSR count). The summed E-state index contributed by atoms with van der Waals surface area (Å²) in [6, 6.07) is 1.73. The summed E-state index contributed by atoms with van der Waals surface area (Å²) in [5, 5.41) is 6.90. The largest absolute Gasteiger partial charge is 0.343 e. The van der Waals surface area contributed by atoms with Gasteiger partial charge in [0.1, 0.15) is 6.04 Å². The van der Waals surface area contributed by atoms with Gasteiger partial charge in [0, 0.05) is 6.04 Å². The maximum atomic E-state index is 12.4. The first kappa shape index (κ1) is 14.1. The van der Waals surface area contributed by atoms with Gasteiger partial charge >= 0.3 is 0 Å². The average molecular weight is 280 g/mol. The molecule has 0 aromatic carbocycles. The third-order valence-corrected chi connectivity index (χ3v) is 4.22. The first-order valence-electron chi connectivity index (χ1n) is 6.60. The number of hydrogen-bond acceptors (Lipinski definition) is 3. The lowest BCUT2D eigenvalue weighted by Crippen LogP contribution is -2.62. The van der Waals surface area contributed by atoms with Crippen molar-refractivity contribution < 1.29 is 9.59 Å². The highest BCUT2D eigenvalue weighted by molar-refractivity contribution is 7.07. The van der Waals surface area contributed by atoms with Crippen LogP contribution in [0, 0.1) is 5.92 Å². The molecule has 1 N–H and O–H groups in total. The normalized spacial score (nSPS) is 21.7. The molecule has 1 fully saturated rings. The van der Waals surface area contributed by atoms with E-state index in [1.807, 2.05) is 26.2 Å². The van der Waals surface area contributed by atoms with E-state index in [2.05, 4.69) is 16.8 Å². The van der Waals surface area contributed by atoms with Crippen LogP contribution in [0.3, 0.4) is 0 Å². The van der Waals surface area contributed by atoms with Crippen LogP contribution in [-0.2, 0) is 16.0 Å².